The molecule has 0 bridgehead atoms. The molecule has 36 heavy (non-hydrogen) atoms. The molecule has 0 aliphatic rings. The fourth-order valence-electron chi connectivity index (χ4n) is 3.80. The number of rotatable bonds is 12. The molecule has 1 N–H and O–H groups in total. The predicted octanol–water partition coefficient (Wildman–Crippen LogP) is 6.55. The first-order chi connectivity index (χ1) is 17.4. The minimum Gasteiger partial charge on any atom is -0.352 e. The summed E-state index contributed by atoms with van der Waals surface area (Å²) in [4.78, 5) is 29.0. The summed E-state index contributed by atoms with van der Waals surface area (Å²) in [6.45, 7) is 6.48. The van der Waals surface area contributed by atoms with Crippen molar-refractivity contribution in [2.24, 2.45) is 0 Å². The third-order valence-electron chi connectivity index (χ3n) is 6.15. The van der Waals surface area contributed by atoms with Crippen LogP contribution >= 0.6 is 27.7 Å². The van der Waals surface area contributed by atoms with Gasteiger partial charge in [0, 0.05) is 29.2 Å². The number of nitrogens with one attached hydrogen (secondary N) is 1. The Bertz CT molecular complexity index is 1100. The molecule has 3 aromatic carbocycles. The molecule has 0 aromatic heterocycles. The molecule has 3 aromatic rings. The molecular weight excluding hydrogens is 532 g/mol. The molecule has 0 unspecified atom stereocenters. The summed E-state index contributed by atoms with van der Waals surface area (Å²) in [5.41, 5.74) is 4.38. The van der Waals surface area contributed by atoms with Crippen molar-refractivity contribution in [3.8, 4) is 0 Å². The number of aryl methyl sites for hydroxylation is 1. The highest BCUT2D eigenvalue weighted by atomic mass is 79.9. The van der Waals surface area contributed by atoms with E-state index < -0.39 is 6.04 Å². The number of thioether (sulfide) groups is 1. The van der Waals surface area contributed by atoms with E-state index in [0.717, 1.165) is 38.9 Å². The largest absolute Gasteiger partial charge is 0.352 e. The van der Waals surface area contributed by atoms with Crippen LogP contribution < -0.4 is 5.32 Å². The van der Waals surface area contributed by atoms with Gasteiger partial charge in [0.05, 0.1) is 5.75 Å². The molecule has 0 aliphatic carbocycles. The lowest BCUT2D eigenvalue weighted by molar-refractivity contribution is -0.139. The second-order valence-corrected chi connectivity index (χ2v) is 11.1. The summed E-state index contributed by atoms with van der Waals surface area (Å²) in [6, 6.07) is 25.7. The normalized spacial score (nSPS) is 12.6. The lowest BCUT2D eigenvalue weighted by atomic mass is 10.0. The Labute approximate surface area is 228 Å². The van der Waals surface area contributed by atoms with Gasteiger partial charge < -0.3 is 10.2 Å². The van der Waals surface area contributed by atoms with Crippen LogP contribution in [-0.4, -0.2) is 34.6 Å². The van der Waals surface area contributed by atoms with Crippen molar-refractivity contribution in [1.29, 1.82) is 0 Å². The van der Waals surface area contributed by atoms with Gasteiger partial charge in [-0.1, -0.05) is 95.1 Å². The summed E-state index contributed by atoms with van der Waals surface area (Å²) in [6.07, 6.45) is 1.30. The number of hydrogen-bond acceptors (Lipinski definition) is 3. The molecule has 0 fully saturated rings. The minimum absolute atomic E-state index is 0.0297. The molecule has 0 saturated carbocycles. The van der Waals surface area contributed by atoms with Crippen LogP contribution in [0.1, 0.15) is 42.5 Å². The van der Waals surface area contributed by atoms with Crippen molar-refractivity contribution in [2.75, 3.05) is 5.75 Å². The van der Waals surface area contributed by atoms with Gasteiger partial charge in [0.1, 0.15) is 6.04 Å². The Morgan fingerprint density at radius 3 is 2.19 bits per heavy atom. The van der Waals surface area contributed by atoms with E-state index >= 15 is 0 Å². The average Bonchev–Trinajstić information content (AvgIpc) is 2.88. The maximum absolute atomic E-state index is 13.7. The van der Waals surface area contributed by atoms with Gasteiger partial charge in [0.2, 0.25) is 11.8 Å². The van der Waals surface area contributed by atoms with Crippen molar-refractivity contribution in [1.82, 2.24) is 10.2 Å². The molecule has 0 spiro atoms. The van der Waals surface area contributed by atoms with Gasteiger partial charge >= 0.3 is 0 Å². The number of amides is 2. The molecule has 2 amide bonds. The summed E-state index contributed by atoms with van der Waals surface area (Å²) in [7, 11) is 0. The standard InChI is InChI=1S/C30H35BrN2O2S/c1-4-23(3)32-30(35)28(18-24-8-6-5-7-9-24)33(19-25-12-10-22(2)11-13-25)29(34)21-36-20-26-14-16-27(31)17-15-26/h5-17,23,28H,4,18-21H2,1-3H3,(H,32,35)/t23-,28+/m1/s1. The Hall–Kier alpha value is -2.57. The van der Waals surface area contributed by atoms with E-state index in [1.54, 1.807) is 16.7 Å². The van der Waals surface area contributed by atoms with Crippen LogP contribution in [0, 0.1) is 6.92 Å². The quantitative estimate of drug-likeness (QED) is 0.270. The van der Waals surface area contributed by atoms with Crippen molar-refractivity contribution in [3.05, 3.63) is 106 Å². The van der Waals surface area contributed by atoms with Crippen LogP contribution in [0.4, 0.5) is 0 Å². The second kappa shape index (κ2) is 14.2. The molecule has 3 rings (SSSR count). The number of carbonyl (C=O) groups excluding carboxylic acids is 2. The van der Waals surface area contributed by atoms with Gasteiger partial charge in [0.15, 0.2) is 0 Å². The Kier molecular flexibility index (Phi) is 11.1. The van der Waals surface area contributed by atoms with Crippen molar-refractivity contribution in [2.45, 2.75) is 58.0 Å². The maximum Gasteiger partial charge on any atom is 0.243 e. The smallest absolute Gasteiger partial charge is 0.243 e. The van der Waals surface area contributed by atoms with Crippen LogP contribution in [0.25, 0.3) is 0 Å². The summed E-state index contributed by atoms with van der Waals surface area (Å²) in [5.74, 6) is 0.911. The van der Waals surface area contributed by atoms with Gasteiger partial charge in [-0.2, -0.15) is 0 Å². The molecule has 0 saturated heterocycles. The van der Waals surface area contributed by atoms with Crippen LogP contribution in [0.3, 0.4) is 0 Å². The fraction of sp³-hybridized carbons (Fsp3) is 0.333. The molecule has 6 heteroatoms. The SMILES string of the molecule is CC[C@@H](C)NC(=O)[C@H](Cc1ccccc1)N(Cc1ccc(C)cc1)C(=O)CSCc1ccc(Br)cc1. The maximum atomic E-state index is 13.7. The molecular formula is C30H35BrN2O2S. The lowest BCUT2D eigenvalue weighted by Crippen LogP contribution is -2.52. The zero-order valence-corrected chi connectivity index (χ0v) is 23.6. The van der Waals surface area contributed by atoms with Crippen LogP contribution in [0.2, 0.25) is 0 Å². The Balaban J connectivity index is 1.84. The van der Waals surface area contributed by atoms with Gasteiger partial charge in [-0.25, -0.2) is 0 Å². The average molecular weight is 568 g/mol. The first-order valence-corrected chi connectivity index (χ1v) is 14.3. The van der Waals surface area contributed by atoms with E-state index in [9.17, 15) is 9.59 Å². The molecule has 2 atom stereocenters. The lowest BCUT2D eigenvalue weighted by Gasteiger charge is -2.32. The van der Waals surface area contributed by atoms with Crippen molar-refractivity contribution < 1.29 is 9.59 Å². The minimum atomic E-state index is -0.594. The molecule has 0 heterocycles. The van der Waals surface area contributed by atoms with E-state index in [0.29, 0.717) is 18.7 Å². The zero-order valence-electron chi connectivity index (χ0n) is 21.2. The number of benzene rings is 3. The number of carbonyl (C=O) groups is 2. The fourth-order valence-corrected chi connectivity index (χ4v) is 4.94. The van der Waals surface area contributed by atoms with E-state index in [1.165, 1.54) is 0 Å². The Morgan fingerprint density at radius 2 is 1.56 bits per heavy atom. The number of nitrogens with zero attached hydrogens (tertiary/aromatic N) is 1. The van der Waals surface area contributed by atoms with Crippen LogP contribution in [0.15, 0.2) is 83.3 Å². The van der Waals surface area contributed by atoms with E-state index in [4.69, 9.17) is 0 Å². The second-order valence-electron chi connectivity index (χ2n) is 9.15. The molecule has 190 valence electrons. The van der Waals surface area contributed by atoms with Gasteiger partial charge in [-0.3, -0.25) is 9.59 Å². The highest BCUT2D eigenvalue weighted by molar-refractivity contribution is 9.10. The van der Waals surface area contributed by atoms with E-state index in [-0.39, 0.29) is 17.9 Å². The molecule has 0 radical (unpaired) electrons. The summed E-state index contributed by atoms with van der Waals surface area (Å²) < 4.78 is 1.03. The highest BCUT2D eigenvalue weighted by Gasteiger charge is 2.30. The highest BCUT2D eigenvalue weighted by Crippen LogP contribution is 2.20. The van der Waals surface area contributed by atoms with Crippen LogP contribution in [0.5, 0.6) is 0 Å². The van der Waals surface area contributed by atoms with Gasteiger partial charge in [-0.05, 0) is 49.1 Å². The van der Waals surface area contributed by atoms with Crippen LogP contribution in [-0.2, 0) is 28.3 Å². The molecule has 4 nitrogen and oxygen atoms in total. The third-order valence-corrected chi connectivity index (χ3v) is 7.67. The third kappa shape index (κ3) is 8.82. The summed E-state index contributed by atoms with van der Waals surface area (Å²) >= 11 is 5.04. The first-order valence-electron chi connectivity index (χ1n) is 12.4. The number of halogens is 1. The van der Waals surface area contributed by atoms with Gasteiger partial charge in [0.25, 0.3) is 0 Å². The van der Waals surface area contributed by atoms with E-state index in [1.807, 2.05) is 87.5 Å². The monoisotopic (exact) mass is 566 g/mol. The topological polar surface area (TPSA) is 49.4 Å². The van der Waals surface area contributed by atoms with E-state index in [2.05, 4.69) is 33.4 Å². The van der Waals surface area contributed by atoms with Crippen molar-refractivity contribution in [3.63, 3.8) is 0 Å². The zero-order chi connectivity index (χ0) is 25.9. The van der Waals surface area contributed by atoms with Crippen molar-refractivity contribution >= 4 is 39.5 Å². The molecule has 0 aliphatic heterocycles. The first kappa shape index (κ1) is 28.0. The summed E-state index contributed by atoms with van der Waals surface area (Å²) in [5, 5.41) is 3.12. The number of hydrogen-bond donors (Lipinski definition) is 1. The Morgan fingerprint density at radius 1 is 0.917 bits per heavy atom. The van der Waals surface area contributed by atoms with Gasteiger partial charge in [-0.15, -0.1) is 11.8 Å². The predicted molar refractivity (Wildman–Crippen MR) is 154 cm³/mol.